The molecule has 0 bridgehead atoms. The number of hydrogen-bond donors (Lipinski definition) is 1. The number of rotatable bonds is 8. The van der Waals surface area contributed by atoms with Crippen LogP contribution < -0.4 is 15.2 Å². The molecule has 0 saturated heterocycles. The minimum Gasteiger partial charge on any atom is -0.490 e. The van der Waals surface area contributed by atoms with Crippen LogP contribution in [0.3, 0.4) is 0 Å². The van der Waals surface area contributed by atoms with Crippen molar-refractivity contribution in [1.29, 1.82) is 0 Å². The summed E-state index contributed by atoms with van der Waals surface area (Å²) in [4.78, 5) is 0. The van der Waals surface area contributed by atoms with Gasteiger partial charge in [-0.15, -0.1) is 0 Å². The van der Waals surface area contributed by atoms with Gasteiger partial charge in [-0.25, -0.2) is 0 Å². The summed E-state index contributed by atoms with van der Waals surface area (Å²) in [7, 11) is -0.940. The van der Waals surface area contributed by atoms with E-state index in [-0.39, 0.29) is 5.25 Å². The Bertz CT molecular complexity index is 384. The van der Waals surface area contributed by atoms with E-state index in [4.69, 9.17) is 15.2 Å². The van der Waals surface area contributed by atoms with Crippen molar-refractivity contribution in [3.63, 3.8) is 0 Å². The highest BCUT2D eigenvalue weighted by Crippen LogP contribution is 2.26. The van der Waals surface area contributed by atoms with Gasteiger partial charge >= 0.3 is 0 Å². The summed E-state index contributed by atoms with van der Waals surface area (Å²) in [6, 6.07) is 7.49. The van der Waals surface area contributed by atoms with E-state index in [9.17, 15) is 4.21 Å². The van der Waals surface area contributed by atoms with E-state index in [2.05, 4.69) is 0 Å². The fourth-order valence-electron chi connectivity index (χ4n) is 1.39. The minimum absolute atomic E-state index is 0.00994. The summed E-state index contributed by atoms with van der Waals surface area (Å²) in [6.07, 6.45) is 0. The van der Waals surface area contributed by atoms with E-state index in [0.29, 0.717) is 31.3 Å². The predicted octanol–water partition coefficient (Wildman–Crippen LogP) is 1.56. The lowest BCUT2D eigenvalue weighted by Crippen LogP contribution is -2.25. The van der Waals surface area contributed by atoms with Crippen molar-refractivity contribution < 1.29 is 13.7 Å². The lowest BCUT2D eigenvalue weighted by Gasteiger charge is -2.12. The minimum atomic E-state index is -0.940. The quantitative estimate of drug-likeness (QED) is 0.779. The monoisotopic (exact) mass is 271 g/mol. The van der Waals surface area contributed by atoms with Crippen LogP contribution in [0.5, 0.6) is 11.5 Å². The first-order valence-electron chi connectivity index (χ1n) is 6.10. The van der Waals surface area contributed by atoms with Crippen LogP contribution in [0.1, 0.15) is 13.8 Å². The molecule has 0 aliphatic carbocycles. The Labute approximate surface area is 111 Å². The first-order valence-corrected chi connectivity index (χ1v) is 7.49. The maximum Gasteiger partial charge on any atom is 0.161 e. The second-order valence-electron chi connectivity index (χ2n) is 3.86. The van der Waals surface area contributed by atoms with Gasteiger partial charge in [-0.2, -0.15) is 0 Å². The number of para-hydroxylation sites is 2. The van der Waals surface area contributed by atoms with Gasteiger partial charge in [0.05, 0.1) is 19.0 Å². The molecule has 5 heteroatoms. The van der Waals surface area contributed by atoms with Gasteiger partial charge in [0.25, 0.3) is 0 Å². The topological polar surface area (TPSA) is 61.5 Å². The number of nitrogens with two attached hydrogens (primary N) is 1. The summed E-state index contributed by atoms with van der Waals surface area (Å²) in [5, 5.41) is 0.00994. The first kappa shape index (κ1) is 15.0. The number of ether oxygens (including phenoxy) is 2. The lowest BCUT2D eigenvalue weighted by molar-refractivity contribution is 0.289. The Morgan fingerprint density at radius 3 is 2.44 bits per heavy atom. The van der Waals surface area contributed by atoms with Crippen LogP contribution in [0.25, 0.3) is 0 Å². The average molecular weight is 271 g/mol. The van der Waals surface area contributed by atoms with E-state index in [1.54, 1.807) is 0 Å². The Hall–Kier alpha value is -1.07. The highest BCUT2D eigenvalue weighted by Gasteiger charge is 2.09. The standard InChI is InChI=1S/C13H21NO3S/c1-3-16-12-6-4-5-7-13(12)17-8-9-18(15)11(2)10-14/h4-7,11H,3,8-10,14H2,1-2H3. The van der Waals surface area contributed by atoms with Gasteiger partial charge in [0.2, 0.25) is 0 Å². The molecule has 0 aliphatic heterocycles. The highest BCUT2D eigenvalue weighted by atomic mass is 32.2. The molecule has 18 heavy (non-hydrogen) atoms. The van der Waals surface area contributed by atoms with Crippen molar-refractivity contribution in [2.75, 3.05) is 25.5 Å². The first-order chi connectivity index (χ1) is 8.69. The molecule has 0 radical (unpaired) electrons. The van der Waals surface area contributed by atoms with Crippen molar-refractivity contribution in [1.82, 2.24) is 0 Å². The third-order valence-electron chi connectivity index (χ3n) is 2.47. The van der Waals surface area contributed by atoms with E-state index < -0.39 is 10.8 Å². The molecule has 0 amide bonds. The van der Waals surface area contributed by atoms with Crippen LogP contribution in [-0.2, 0) is 10.8 Å². The molecular formula is C13H21NO3S. The molecule has 0 aliphatic rings. The Balaban J connectivity index is 2.46. The van der Waals surface area contributed by atoms with Gasteiger partial charge in [-0.1, -0.05) is 12.1 Å². The molecule has 0 saturated carbocycles. The smallest absolute Gasteiger partial charge is 0.161 e. The zero-order valence-corrected chi connectivity index (χ0v) is 11.7. The third kappa shape index (κ3) is 4.66. The Morgan fingerprint density at radius 1 is 1.28 bits per heavy atom. The molecule has 2 N–H and O–H groups in total. The van der Waals surface area contributed by atoms with Crippen molar-refractivity contribution >= 4 is 10.8 Å². The van der Waals surface area contributed by atoms with Gasteiger partial charge in [0.1, 0.15) is 0 Å². The molecule has 1 rings (SSSR count). The molecule has 102 valence electrons. The molecule has 2 unspecified atom stereocenters. The van der Waals surface area contributed by atoms with Crippen LogP contribution in [-0.4, -0.2) is 35.0 Å². The van der Waals surface area contributed by atoms with E-state index >= 15 is 0 Å². The molecule has 2 atom stereocenters. The van der Waals surface area contributed by atoms with Crippen LogP contribution >= 0.6 is 0 Å². The largest absolute Gasteiger partial charge is 0.490 e. The summed E-state index contributed by atoms with van der Waals surface area (Å²) >= 11 is 0. The van der Waals surface area contributed by atoms with Gasteiger partial charge in [-0.3, -0.25) is 4.21 Å². The zero-order valence-electron chi connectivity index (χ0n) is 10.9. The van der Waals surface area contributed by atoms with Gasteiger partial charge in [-0.05, 0) is 26.0 Å². The molecule has 1 aromatic rings. The van der Waals surface area contributed by atoms with E-state index in [1.807, 2.05) is 38.1 Å². The Morgan fingerprint density at radius 2 is 1.89 bits per heavy atom. The summed E-state index contributed by atoms with van der Waals surface area (Å²) in [5.74, 6) is 1.90. The molecule has 0 heterocycles. The van der Waals surface area contributed by atoms with Crippen molar-refractivity contribution in [2.24, 2.45) is 5.73 Å². The second kappa shape index (κ2) is 8.11. The van der Waals surface area contributed by atoms with Gasteiger partial charge in [0.15, 0.2) is 11.5 Å². The zero-order chi connectivity index (χ0) is 13.4. The van der Waals surface area contributed by atoms with Crippen molar-refractivity contribution in [3.05, 3.63) is 24.3 Å². The van der Waals surface area contributed by atoms with Gasteiger partial charge < -0.3 is 15.2 Å². The molecule has 0 aromatic heterocycles. The van der Waals surface area contributed by atoms with E-state index in [0.717, 1.165) is 5.75 Å². The van der Waals surface area contributed by atoms with Gasteiger partial charge in [0, 0.05) is 22.6 Å². The maximum absolute atomic E-state index is 11.7. The maximum atomic E-state index is 11.7. The highest BCUT2D eigenvalue weighted by molar-refractivity contribution is 7.85. The molecule has 4 nitrogen and oxygen atoms in total. The normalized spacial score (nSPS) is 13.9. The number of benzene rings is 1. The summed E-state index contributed by atoms with van der Waals surface area (Å²) in [5.41, 5.74) is 5.47. The average Bonchev–Trinajstić information content (AvgIpc) is 2.40. The van der Waals surface area contributed by atoms with Crippen molar-refractivity contribution in [3.8, 4) is 11.5 Å². The summed E-state index contributed by atoms with van der Waals surface area (Å²) < 4.78 is 22.7. The van der Waals surface area contributed by atoms with E-state index in [1.165, 1.54) is 0 Å². The molecule has 0 spiro atoms. The van der Waals surface area contributed by atoms with Crippen LogP contribution in [0.4, 0.5) is 0 Å². The fraction of sp³-hybridized carbons (Fsp3) is 0.538. The van der Waals surface area contributed by atoms with Crippen molar-refractivity contribution in [2.45, 2.75) is 19.1 Å². The molecule has 1 aromatic carbocycles. The van der Waals surface area contributed by atoms with Crippen LogP contribution in [0.2, 0.25) is 0 Å². The third-order valence-corrected chi connectivity index (χ3v) is 4.13. The molecular weight excluding hydrogens is 250 g/mol. The second-order valence-corrected chi connectivity index (χ2v) is 5.83. The molecule has 0 fully saturated rings. The number of hydrogen-bond acceptors (Lipinski definition) is 4. The lowest BCUT2D eigenvalue weighted by atomic mass is 10.3. The fourth-order valence-corrected chi connectivity index (χ4v) is 2.25. The Kier molecular flexibility index (Phi) is 6.75. The van der Waals surface area contributed by atoms with Crippen LogP contribution in [0, 0.1) is 0 Å². The SMILES string of the molecule is CCOc1ccccc1OCCS(=O)C(C)CN. The predicted molar refractivity (Wildman–Crippen MR) is 74.6 cm³/mol. The van der Waals surface area contributed by atoms with Crippen LogP contribution in [0.15, 0.2) is 24.3 Å². The summed E-state index contributed by atoms with van der Waals surface area (Å²) in [6.45, 7) is 5.23.